The molecule has 5 rings (SSSR count). The Hall–Kier alpha value is -3.15. The summed E-state index contributed by atoms with van der Waals surface area (Å²) in [6.07, 6.45) is 0.446. The average molecular weight is 450 g/mol. The summed E-state index contributed by atoms with van der Waals surface area (Å²) in [6.45, 7) is 0.811. The van der Waals surface area contributed by atoms with E-state index in [1.165, 1.54) is 4.90 Å². The zero-order valence-electron chi connectivity index (χ0n) is 16.4. The van der Waals surface area contributed by atoms with Crippen molar-refractivity contribution in [1.82, 2.24) is 14.5 Å². The lowest BCUT2D eigenvalue weighted by molar-refractivity contribution is 0.0655. The summed E-state index contributed by atoms with van der Waals surface area (Å²) in [5.74, 6) is 0.282. The van der Waals surface area contributed by atoms with Gasteiger partial charge in [-0.3, -0.25) is 14.5 Å². The second-order valence-electron chi connectivity index (χ2n) is 7.41. The SMILES string of the molecule is O=C1c2ccccc2C(=O)N1CCc1nc2ccccc2n1Cc1ccc(Cl)c(Cl)c1. The van der Waals surface area contributed by atoms with E-state index in [4.69, 9.17) is 28.2 Å². The minimum absolute atomic E-state index is 0.257. The maximum Gasteiger partial charge on any atom is 0.261 e. The van der Waals surface area contributed by atoms with Gasteiger partial charge in [-0.2, -0.15) is 0 Å². The van der Waals surface area contributed by atoms with Crippen molar-refractivity contribution < 1.29 is 9.59 Å². The molecule has 7 heteroatoms. The zero-order valence-corrected chi connectivity index (χ0v) is 17.9. The van der Waals surface area contributed by atoms with Crippen molar-refractivity contribution in [3.63, 3.8) is 0 Å². The van der Waals surface area contributed by atoms with Gasteiger partial charge < -0.3 is 4.57 Å². The molecular weight excluding hydrogens is 433 g/mol. The van der Waals surface area contributed by atoms with Crippen LogP contribution in [0.2, 0.25) is 10.0 Å². The monoisotopic (exact) mass is 449 g/mol. The van der Waals surface area contributed by atoms with Crippen LogP contribution in [0.5, 0.6) is 0 Å². The van der Waals surface area contributed by atoms with Crippen molar-refractivity contribution in [3.8, 4) is 0 Å². The highest BCUT2D eigenvalue weighted by molar-refractivity contribution is 6.42. The van der Waals surface area contributed by atoms with Gasteiger partial charge in [0.2, 0.25) is 0 Å². The van der Waals surface area contributed by atoms with Crippen LogP contribution < -0.4 is 0 Å². The minimum Gasteiger partial charge on any atom is -0.323 e. The Labute approximate surface area is 188 Å². The number of nitrogens with zero attached hydrogens (tertiary/aromatic N) is 3. The highest BCUT2D eigenvalue weighted by atomic mass is 35.5. The molecule has 31 heavy (non-hydrogen) atoms. The third-order valence-electron chi connectivity index (χ3n) is 5.50. The van der Waals surface area contributed by atoms with Gasteiger partial charge in [-0.05, 0) is 42.0 Å². The molecule has 5 nitrogen and oxygen atoms in total. The molecule has 2 heterocycles. The van der Waals surface area contributed by atoms with Crippen molar-refractivity contribution >= 4 is 46.0 Å². The molecule has 2 amide bonds. The molecule has 3 aromatic carbocycles. The molecule has 1 aromatic heterocycles. The molecule has 0 aliphatic carbocycles. The lowest BCUT2D eigenvalue weighted by Gasteiger charge is -2.15. The third kappa shape index (κ3) is 3.50. The van der Waals surface area contributed by atoms with Crippen LogP contribution in [0.4, 0.5) is 0 Å². The highest BCUT2D eigenvalue weighted by Crippen LogP contribution is 2.26. The van der Waals surface area contributed by atoms with Gasteiger partial charge in [0.15, 0.2) is 0 Å². The lowest BCUT2D eigenvalue weighted by Crippen LogP contribution is -2.32. The number of carbonyl (C=O) groups is 2. The molecule has 1 aliphatic rings. The minimum atomic E-state index is -0.257. The van der Waals surface area contributed by atoms with Crippen LogP contribution in [0.15, 0.2) is 66.7 Å². The Morgan fingerprint density at radius 1 is 0.806 bits per heavy atom. The molecular formula is C24H17Cl2N3O2. The smallest absolute Gasteiger partial charge is 0.261 e. The summed E-state index contributed by atoms with van der Waals surface area (Å²) in [4.78, 5) is 31.5. The van der Waals surface area contributed by atoms with Gasteiger partial charge in [0, 0.05) is 19.5 Å². The first kappa shape index (κ1) is 19.8. The largest absolute Gasteiger partial charge is 0.323 e. The Balaban J connectivity index is 1.45. The van der Waals surface area contributed by atoms with Crippen LogP contribution in [-0.4, -0.2) is 32.8 Å². The van der Waals surface area contributed by atoms with Crippen molar-refractivity contribution in [3.05, 3.63) is 99.3 Å². The van der Waals surface area contributed by atoms with Crippen LogP contribution in [0.1, 0.15) is 32.1 Å². The predicted octanol–water partition coefficient (Wildman–Crippen LogP) is 5.23. The maximum absolute atomic E-state index is 12.7. The molecule has 0 bridgehead atoms. The molecule has 0 saturated carbocycles. The summed E-state index contributed by atoms with van der Waals surface area (Å²) in [6, 6.07) is 20.3. The Kier molecular flexibility index (Phi) is 5.00. The highest BCUT2D eigenvalue weighted by Gasteiger charge is 2.34. The van der Waals surface area contributed by atoms with Gasteiger partial charge in [0.25, 0.3) is 11.8 Å². The van der Waals surface area contributed by atoms with E-state index in [0.29, 0.717) is 34.1 Å². The van der Waals surface area contributed by atoms with E-state index in [2.05, 4.69) is 4.57 Å². The number of hydrogen-bond acceptors (Lipinski definition) is 3. The van der Waals surface area contributed by atoms with E-state index in [0.717, 1.165) is 22.4 Å². The summed E-state index contributed by atoms with van der Waals surface area (Å²) >= 11 is 12.3. The van der Waals surface area contributed by atoms with Crippen LogP contribution >= 0.6 is 23.2 Å². The predicted molar refractivity (Wildman–Crippen MR) is 121 cm³/mol. The molecule has 0 unspecified atom stereocenters. The van der Waals surface area contributed by atoms with E-state index >= 15 is 0 Å². The number of aromatic nitrogens is 2. The molecule has 0 spiro atoms. The first-order valence-electron chi connectivity index (χ1n) is 9.86. The number of imide groups is 1. The first-order valence-corrected chi connectivity index (χ1v) is 10.6. The van der Waals surface area contributed by atoms with Crippen LogP contribution in [0.25, 0.3) is 11.0 Å². The van der Waals surface area contributed by atoms with Gasteiger partial charge >= 0.3 is 0 Å². The molecule has 0 atom stereocenters. The number of fused-ring (bicyclic) bond motifs is 2. The number of carbonyl (C=O) groups excluding carboxylic acids is 2. The summed E-state index contributed by atoms with van der Waals surface area (Å²) in [5, 5.41) is 1.00. The molecule has 4 aromatic rings. The van der Waals surface area contributed by atoms with Crippen molar-refractivity contribution in [2.24, 2.45) is 0 Å². The molecule has 0 fully saturated rings. The number of halogens is 2. The Morgan fingerprint density at radius 3 is 2.19 bits per heavy atom. The fourth-order valence-corrected chi connectivity index (χ4v) is 4.29. The Morgan fingerprint density at radius 2 is 1.48 bits per heavy atom. The molecule has 0 saturated heterocycles. The number of para-hydroxylation sites is 2. The number of amides is 2. The van der Waals surface area contributed by atoms with Gasteiger partial charge in [0.05, 0.1) is 32.2 Å². The van der Waals surface area contributed by atoms with Crippen LogP contribution in [0.3, 0.4) is 0 Å². The molecule has 1 aliphatic heterocycles. The summed E-state index contributed by atoms with van der Waals surface area (Å²) < 4.78 is 2.09. The normalized spacial score (nSPS) is 13.3. The van der Waals surface area contributed by atoms with Gasteiger partial charge in [-0.15, -0.1) is 0 Å². The molecule has 154 valence electrons. The van der Waals surface area contributed by atoms with E-state index in [1.54, 1.807) is 30.3 Å². The second-order valence-corrected chi connectivity index (χ2v) is 8.22. The van der Waals surface area contributed by atoms with Crippen molar-refractivity contribution in [1.29, 1.82) is 0 Å². The molecule has 0 radical (unpaired) electrons. The van der Waals surface area contributed by atoms with E-state index < -0.39 is 0 Å². The number of hydrogen-bond donors (Lipinski definition) is 0. The van der Waals surface area contributed by atoms with E-state index in [9.17, 15) is 9.59 Å². The average Bonchev–Trinajstić information content (AvgIpc) is 3.24. The Bertz CT molecular complexity index is 1310. The number of benzene rings is 3. The van der Waals surface area contributed by atoms with E-state index in [1.807, 2.05) is 36.4 Å². The van der Waals surface area contributed by atoms with Crippen LogP contribution in [-0.2, 0) is 13.0 Å². The summed E-state index contributed by atoms with van der Waals surface area (Å²) in [5.41, 5.74) is 3.74. The number of rotatable bonds is 5. The van der Waals surface area contributed by atoms with Crippen molar-refractivity contribution in [2.75, 3.05) is 6.54 Å². The van der Waals surface area contributed by atoms with Gasteiger partial charge in [-0.1, -0.05) is 53.5 Å². The number of imidazole rings is 1. The quantitative estimate of drug-likeness (QED) is 0.392. The van der Waals surface area contributed by atoms with Crippen molar-refractivity contribution in [2.45, 2.75) is 13.0 Å². The van der Waals surface area contributed by atoms with Gasteiger partial charge in [0.1, 0.15) is 5.82 Å². The fraction of sp³-hybridized carbons (Fsp3) is 0.125. The fourth-order valence-electron chi connectivity index (χ4n) is 3.97. The van der Waals surface area contributed by atoms with E-state index in [-0.39, 0.29) is 18.4 Å². The zero-order chi connectivity index (χ0) is 21.5. The first-order chi connectivity index (χ1) is 15.0. The molecule has 0 N–H and O–H groups in total. The third-order valence-corrected chi connectivity index (χ3v) is 6.23. The maximum atomic E-state index is 12.7. The van der Waals surface area contributed by atoms with Crippen LogP contribution in [0, 0.1) is 0 Å². The van der Waals surface area contributed by atoms with Gasteiger partial charge in [-0.25, -0.2) is 4.98 Å². The summed E-state index contributed by atoms with van der Waals surface area (Å²) in [7, 11) is 0. The standard InChI is InChI=1S/C24H17Cl2N3O2/c25-18-10-9-15(13-19(18)26)14-29-21-8-4-3-7-20(21)27-22(29)11-12-28-23(30)16-5-1-2-6-17(16)24(28)31/h1-10,13H,11-12,14H2. The second kappa shape index (κ2) is 7.84. The topological polar surface area (TPSA) is 55.2 Å². The lowest BCUT2D eigenvalue weighted by atomic mass is 10.1.